The third-order valence-electron chi connectivity index (χ3n) is 2.77. The van der Waals surface area contributed by atoms with E-state index < -0.39 is 15.8 Å². The molecular formula is C9H20N2O4S. The average molecular weight is 252 g/mol. The van der Waals surface area contributed by atoms with Crippen molar-refractivity contribution in [2.45, 2.75) is 31.9 Å². The fourth-order valence-corrected chi connectivity index (χ4v) is 2.55. The molecule has 1 fully saturated rings. The Morgan fingerprint density at radius 3 is 2.62 bits per heavy atom. The number of nitrogens with one attached hydrogen (secondary N) is 1. The smallest absolute Gasteiger partial charge is 0.279 e. The molecule has 0 aromatic carbocycles. The molecule has 0 bridgehead atoms. The van der Waals surface area contributed by atoms with Crippen LogP contribution in [0.15, 0.2) is 0 Å². The van der Waals surface area contributed by atoms with Crippen molar-refractivity contribution >= 4 is 10.2 Å². The van der Waals surface area contributed by atoms with Gasteiger partial charge in [0.25, 0.3) is 10.2 Å². The zero-order chi connectivity index (χ0) is 12.4. The van der Waals surface area contributed by atoms with Gasteiger partial charge in [0.15, 0.2) is 0 Å². The standard InChI is InChI=1S/C9H20N2O4S/c1-8(2)11(3)16(13,14)10-6-9(12)4-5-15-7-9/h8,10,12H,4-7H2,1-3H3. The molecule has 1 aliphatic rings. The predicted octanol–water partition coefficient (Wildman–Crippen LogP) is -0.688. The van der Waals surface area contributed by atoms with Crippen molar-refractivity contribution in [2.24, 2.45) is 0 Å². The highest BCUT2D eigenvalue weighted by Crippen LogP contribution is 2.17. The number of hydrogen-bond acceptors (Lipinski definition) is 4. The van der Waals surface area contributed by atoms with Crippen LogP contribution in [-0.2, 0) is 14.9 Å². The van der Waals surface area contributed by atoms with E-state index in [1.54, 1.807) is 13.8 Å². The quantitative estimate of drug-likeness (QED) is 0.679. The van der Waals surface area contributed by atoms with Gasteiger partial charge in [0, 0.05) is 32.7 Å². The molecule has 7 heteroatoms. The summed E-state index contributed by atoms with van der Waals surface area (Å²) < 4.78 is 32.1. The summed E-state index contributed by atoms with van der Waals surface area (Å²) >= 11 is 0. The molecule has 0 spiro atoms. The zero-order valence-corrected chi connectivity index (χ0v) is 10.7. The van der Waals surface area contributed by atoms with Crippen LogP contribution in [0.4, 0.5) is 0 Å². The van der Waals surface area contributed by atoms with Crippen molar-refractivity contribution in [2.75, 3.05) is 26.8 Å². The third-order valence-corrected chi connectivity index (χ3v) is 4.46. The summed E-state index contributed by atoms with van der Waals surface area (Å²) in [5.74, 6) is 0. The van der Waals surface area contributed by atoms with E-state index in [1.165, 1.54) is 11.4 Å². The highest BCUT2D eigenvalue weighted by Gasteiger charge is 2.34. The van der Waals surface area contributed by atoms with Crippen molar-refractivity contribution < 1.29 is 18.3 Å². The van der Waals surface area contributed by atoms with Gasteiger partial charge in [-0.1, -0.05) is 0 Å². The van der Waals surface area contributed by atoms with Crippen LogP contribution in [-0.4, -0.2) is 56.3 Å². The SMILES string of the molecule is CC(C)N(C)S(=O)(=O)NCC1(O)CCOC1. The number of hydrogen-bond donors (Lipinski definition) is 2. The first kappa shape index (κ1) is 13.9. The van der Waals surface area contributed by atoms with Gasteiger partial charge in [0.05, 0.1) is 6.61 Å². The molecule has 96 valence electrons. The minimum Gasteiger partial charge on any atom is -0.386 e. The first-order chi connectivity index (χ1) is 7.27. The summed E-state index contributed by atoms with van der Waals surface area (Å²) in [6.45, 7) is 4.21. The molecular weight excluding hydrogens is 232 g/mol. The molecule has 1 saturated heterocycles. The van der Waals surface area contributed by atoms with E-state index in [0.717, 1.165) is 0 Å². The largest absolute Gasteiger partial charge is 0.386 e. The lowest BCUT2D eigenvalue weighted by atomic mass is 10.1. The molecule has 6 nitrogen and oxygen atoms in total. The van der Waals surface area contributed by atoms with Gasteiger partial charge < -0.3 is 9.84 Å². The van der Waals surface area contributed by atoms with Gasteiger partial charge in [0.2, 0.25) is 0 Å². The van der Waals surface area contributed by atoms with Crippen molar-refractivity contribution in [3.63, 3.8) is 0 Å². The van der Waals surface area contributed by atoms with E-state index >= 15 is 0 Å². The maximum Gasteiger partial charge on any atom is 0.279 e. The summed E-state index contributed by atoms with van der Waals surface area (Å²) in [6, 6.07) is -0.119. The van der Waals surface area contributed by atoms with Gasteiger partial charge >= 0.3 is 0 Å². The Hall–Kier alpha value is -0.210. The van der Waals surface area contributed by atoms with E-state index in [0.29, 0.717) is 13.0 Å². The van der Waals surface area contributed by atoms with E-state index in [9.17, 15) is 13.5 Å². The molecule has 1 heterocycles. The van der Waals surface area contributed by atoms with Gasteiger partial charge in [-0.3, -0.25) is 0 Å². The van der Waals surface area contributed by atoms with Crippen molar-refractivity contribution in [3.05, 3.63) is 0 Å². The van der Waals surface area contributed by atoms with Gasteiger partial charge in [-0.15, -0.1) is 0 Å². The van der Waals surface area contributed by atoms with Crippen LogP contribution < -0.4 is 4.72 Å². The topological polar surface area (TPSA) is 78.9 Å². The molecule has 0 radical (unpaired) electrons. The Balaban J connectivity index is 2.54. The lowest BCUT2D eigenvalue weighted by Crippen LogP contribution is -2.49. The molecule has 1 unspecified atom stereocenters. The molecule has 1 rings (SSSR count). The van der Waals surface area contributed by atoms with Gasteiger partial charge in [-0.05, 0) is 13.8 Å². The second-order valence-corrected chi connectivity index (χ2v) is 6.28. The summed E-state index contributed by atoms with van der Waals surface area (Å²) in [7, 11) is -2.02. The van der Waals surface area contributed by atoms with E-state index in [4.69, 9.17) is 4.74 Å². The van der Waals surface area contributed by atoms with E-state index in [2.05, 4.69) is 4.72 Å². The molecule has 0 aliphatic carbocycles. The third kappa shape index (κ3) is 3.39. The molecule has 0 saturated carbocycles. The first-order valence-electron chi connectivity index (χ1n) is 5.30. The minimum absolute atomic E-state index is 0.00755. The fraction of sp³-hybridized carbons (Fsp3) is 1.00. The van der Waals surface area contributed by atoms with Crippen molar-refractivity contribution in [1.82, 2.24) is 9.03 Å². The fourth-order valence-electron chi connectivity index (χ4n) is 1.34. The van der Waals surface area contributed by atoms with Gasteiger partial charge in [-0.2, -0.15) is 17.4 Å². The van der Waals surface area contributed by atoms with Crippen LogP contribution >= 0.6 is 0 Å². The normalized spacial score (nSPS) is 26.9. The maximum atomic E-state index is 11.7. The average Bonchev–Trinajstić information content (AvgIpc) is 2.62. The Bertz CT molecular complexity index is 322. The van der Waals surface area contributed by atoms with Crippen LogP contribution in [0.2, 0.25) is 0 Å². The Labute approximate surface area is 96.8 Å². The molecule has 0 amide bonds. The maximum absolute atomic E-state index is 11.7. The van der Waals surface area contributed by atoms with E-state index in [-0.39, 0.29) is 19.2 Å². The molecule has 1 aliphatic heterocycles. The van der Waals surface area contributed by atoms with Gasteiger partial charge in [0.1, 0.15) is 5.60 Å². The highest BCUT2D eigenvalue weighted by atomic mass is 32.2. The predicted molar refractivity (Wildman–Crippen MR) is 60.2 cm³/mol. The molecule has 0 aromatic heterocycles. The molecule has 2 N–H and O–H groups in total. The van der Waals surface area contributed by atoms with Crippen LogP contribution in [0.25, 0.3) is 0 Å². The monoisotopic (exact) mass is 252 g/mol. The highest BCUT2D eigenvalue weighted by molar-refractivity contribution is 7.87. The molecule has 0 aromatic rings. The van der Waals surface area contributed by atoms with Gasteiger partial charge in [-0.25, -0.2) is 0 Å². The molecule has 16 heavy (non-hydrogen) atoms. The summed E-state index contributed by atoms with van der Waals surface area (Å²) in [5.41, 5.74) is -1.06. The molecule has 1 atom stereocenters. The number of ether oxygens (including phenoxy) is 1. The first-order valence-corrected chi connectivity index (χ1v) is 6.74. The van der Waals surface area contributed by atoms with Crippen LogP contribution in [0.3, 0.4) is 0 Å². The zero-order valence-electron chi connectivity index (χ0n) is 9.93. The number of rotatable bonds is 5. The lowest BCUT2D eigenvalue weighted by Gasteiger charge is -2.25. The van der Waals surface area contributed by atoms with Crippen molar-refractivity contribution in [3.8, 4) is 0 Å². The van der Waals surface area contributed by atoms with Crippen LogP contribution in [0.1, 0.15) is 20.3 Å². The Morgan fingerprint density at radius 1 is 1.56 bits per heavy atom. The van der Waals surface area contributed by atoms with Crippen LogP contribution in [0, 0.1) is 0 Å². The van der Waals surface area contributed by atoms with E-state index in [1.807, 2.05) is 0 Å². The summed E-state index contributed by atoms with van der Waals surface area (Å²) in [5, 5.41) is 9.90. The number of nitrogens with zero attached hydrogens (tertiary/aromatic N) is 1. The second-order valence-electron chi connectivity index (χ2n) is 4.46. The Morgan fingerprint density at radius 2 is 2.19 bits per heavy atom. The Kier molecular flexibility index (Phi) is 4.30. The van der Waals surface area contributed by atoms with Crippen molar-refractivity contribution in [1.29, 1.82) is 0 Å². The summed E-state index contributed by atoms with van der Waals surface area (Å²) in [6.07, 6.45) is 0.459. The second kappa shape index (κ2) is 4.97. The summed E-state index contributed by atoms with van der Waals surface area (Å²) in [4.78, 5) is 0. The lowest BCUT2D eigenvalue weighted by molar-refractivity contribution is 0.0311. The minimum atomic E-state index is -3.52. The van der Waals surface area contributed by atoms with Crippen LogP contribution in [0.5, 0.6) is 0 Å². The number of aliphatic hydroxyl groups is 1.